The van der Waals surface area contributed by atoms with Gasteiger partial charge in [0.15, 0.2) is 0 Å². The van der Waals surface area contributed by atoms with Gasteiger partial charge >= 0.3 is 6.09 Å². The van der Waals surface area contributed by atoms with Crippen molar-refractivity contribution in [3.8, 4) is 18.2 Å². The van der Waals surface area contributed by atoms with Gasteiger partial charge in [-0.25, -0.2) is 14.2 Å². The van der Waals surface area contributed by atoms with Gasteiger partial charge in [-0.3, -0.25) is 4.79 Å². The maximum absolute atomic E-state index is 14.1. The molecule has 0 aliphatic carbocycles. The molecule has 3 rings (SSSR count). The lowest BCUT2D eigenvalue weighted by Crippen LogP contribution is -2.52. The number of anilines is 1. The van der Waals surface area contributed by atoms with Crippen LogP contribution in [0.1, 0.15) is 72.2 Å². The summed E-state index contributed by atoms with van der Waals surface area (Å²) in [5, 5.41) is 2.59. The quantitative estimate of drug-likeness (QED) is 0.202. The van der Waals surface area contributed by atoms with E-state index in [9.17, 15) is 14.0 Å². The van der Waals surface area contributed by atoms with Crippen molar-refractivity contribution in [3.05, 3.63) is 53.0 Å². The minimum Gasteiger partial charge on any atom is -0.530 e. The summed E-state index contributed by atoms with van der Waals surface area (Å²) in [4.78, 5) is 33.5. The van der Waals surface area contributed by atoms with Crippen LogP contribution in [0.4, 0.5) is 14.9 Å². The number of carbonyl (C=O) groups is 2. The van der Waals surface area contributed by atoms with Crippen molar-refractivity contribution in [2.75, 3.05) is 24.7 Å². The third-order valence-electron chi connectivity index (χ3n) is 7.72. The van der Waals surface area contributed by atoms with Gasteiger partial charge in [0.1, 0.15) is 24.1 Å². The smallest absolute Gasteiger partial charge is 0.408 e. The summed E-state index contributed by atoms with van der Waals surface area (Å²) in [5.74, 6) is 2.22. The van der Waals surface area contributed by atoms with Crippen LogP contribution in [0.2, 0.25) is 18.1 Å². The van der Waals surface area contributed by atoms with Gasteiger partial charge in [-0.05, 0) is 62.7 Å². The SMILES string of the molecule is C#CCOC[C@H](NC(=O)OC(C)(C)C)C(=O)N1CC(C)(C)c2nc(O[Si](C)(C)C(C)(C)C)c(Cc3ccc(F)cc3)cc21. The van der Waals surface area contributed by atoms with Crippen LogP contribution in [0, 0.1) is 18.2 Å². The molecular formula is C33H46FN3O5Si. The number of hydrogen-bond donors (Lipinski definition) is 1. The predicted octanol–water partition coefficient (Wildman–Crippen LogP) is 6.36. The average molecular weight is 612 g/mol. The van der Waals surface area contributed by atoms with Gasteiger partial charge in [-0.1, -0.05) is 52.7 Å². The van der Waals surface area contributed by atoms with Crippen LogP contribution >= 0.6 is 0 Å². The molecule has 0 fully saturated rings. The van der Waals surface area contributed by atoms with Crippen molar-refractivity contribution in [2.24, 2.45) is 0 Å². The van der Waals surface area contributed by atoms with Crippen molar-refractivity contribution in [2.45, 2.75) is 97.0 Å². The third-order valence-corrected chi connectivity index (χ3v) is 12.0. The first kappa shape index (κ1) is 34.1. The zero-order valence-corrected chi connectivity index (χ0v) is 28.2. The van der Waals surface area contributed by atoms with Crippen molar-refractivity contribution in [1.29, 1.82) is 0 Å². The molecule has 43 heavy (non-hydrogen) atoms. The summed E-state index contributed by atoms with van der Waals surface area (Å²) in [6.07, 6.45) is 5.04. The minimum absolute atomic E-state index is 0.0145. The van der Waals surface area contributed by atoms with Gasteiger partial charge in [0.2, 0.25) is 5.88 Å². The van der Waals surface area contributed by atoms with E-state index in [1.54, 1.807) is 37.8 Å². The fourth-order valence-corrected chi connectivity index (χ4v) is 5.43. The van der Waals surface area contributed by atoms with Gasteiger partial charge in [0.05, 0.1) is 18.0 Å². The van der Waals surface area contributed by atoms with Gasteiger partial charge in [-0.15, -0.1) is 6.42 Å². The number of aromatic nitrogens is 1. The maximum atomic E-state index is 14.1. The Kier molecular flexibility index (Phi) is 10.0. The van der Waals surface area contributed by atoms with E-state index in [2.05, 4.69) is 45.1 Å². The molecule has 1 aromatic heterocycles. The predicted molar refractivity (Wildman–Crippen MR) is 169 cm³/mol. The van der Waals surface area contributed by atoms with Crippen molar-refractivity contribution in [1.82, 2.24) is 10.3 Å². The summed E-state index contributed by atoms with van der Waals surface area (Å²) < 4.78 is 31.4. The number of fused-ring (bicyclic) bond motifs is 1. The Balaban J connectivity index is 2.08. The molecule has 1 aliphatic heterocycles. The lowest BCUT2D eigenvalue weighted by atomic mass is 9.91. The molecule has 8 nitrogen and oxygen atoms in total. The van der Waals surface area contributed by atoms with Gasteiger partial charge in [0, 0.05) is 23.9 Å². The minimum atomic E-state index is -2.29. The molecule has 2 amide bonds. The van der Waals surface area contributed by atoms with E-state index in [4.69, 9.17) is 25.3 Å². The van der Waals surface area contributed by atoms with Crippen molar-refractivity contribution in [3.63, 3.8) is 0 Å². The van der Waals surface area contributed by atoms with Crippen LogP contribution in [0.3, 0.4) is 0 Å². The number of alkyl carbamates (subject to hydrolysis) is 1. The number of amides is 2. The van der Waals surface area contributed by atoms with Crippen LogP contribution < -0.4 is 14.6 Å². The average Bonchev–Trinajstić information content (AvgIpc) is 3.12. The molecule has 0 unspecified atom stereocenters. The molecular weight excluding hydrogens is 565 g/mol. The highest BCUT2D eigenvalue weighted by atomic mass is 28.4. The first-order chi connectivity index (χ1) is 19.7. The molecule has 1 aromatic carbocycles. The maximum Gasteiger partial charge on any atom is 0.408 e. The zero-order valence-electron chi connectivity index (χ0n) is 27.2. The van der Waals surface area contributed by atoms with E-state index >= 15 is 0 Å². The summed E-state index contributed by atoms with van der Waals surface area (Å²) in [5.41, 5.74) is 1.75. The zero-order chi connectivity index (χ0) is 32.4. The number of nitrogens with zero attached hydrogens (tertiary/aromatic N) is 2. The number of terminal acetylenes is 1. The van der Waals surface area contributed by atoms with Crippen LogP contribution in [-0.4, -0.2) is 56.7 Å². The van der Waals surface area contributed by atoms with Gasteiger partial charge in [-0.2, -0.15) is 0 Å². The van der Waals surface area contributed by atoms with E-state index in [0.717, 1.165) is 16.8 Å². The van der Waals surface area contributed by atoms with Gasteiger partial charge < -0.3 is 24.1 Å². The fourth-order valence-electron chi connectivity index (χ4n) is 4.46. The van der Waals surface area contributed by atoms with Crippen LogP contribution in [0.25, 0.3) is 0 Å². The van der Waals surface area contributed by atoms with Gasteiger partial charge in [0.25, 0.3) is 14.2 Å². The number of nitrogens with one attached hydrogen (secondary N) is 1. The molecule has 2 aromatic rings. The Labute approximate surface area is 256 Å². The molecule has 0 spiro atoms. The highest BCUT2D eigenvalue weighted by Gasteiger charge is 2.44. The summed E-state index contributed by atoms with van der Waals surface area (Å²) in [7, 11) is -2.29. The topological polar surface area (TPSA) is 90.0 Å². The second kappa shape index (κ2) is 12.7. The highest BCUT2D eigenvalue weighted by Crippen LogP contribution is 2.44. The molecule has 10 heteroatoms. The molecule has 1 N–H and O–H groups in total. The summed E-state index contributed by atoms with van der Waals surface area (Å²) in [6.45, 7) is 20.3. The van der Waals surface area contributed by atoms with E-state index < -0.39 is 31.5 Å². The number of carbonyl (C=O) groups excluding carboxylic acids is 2. The standard InChI is InChI=1S/C33H46FN3O5Si/c1-12-17-40-20-25(35-30(39)41-31(2,3)4)29(38)37-21-33(8,9)27-26(37)19-23(18-22-13-15-24(34)16-14-22)28(36-27)42-43(10,11)32(5,6)7/h1,13-16,19,25H,17-18,20-21H2,2-11H3,(H,35,39)/t25-/m0/s1. The molecule has 0 saturated carbocycles. The number of benzene rings is 1. The number of ether oxygens (including phenoxy) is 2. The molecule has 0 radical (unpaired) electrons. The first-order valence-corrected chi connectivity index (χ1v) is 17.4. The molecule has 1 atom stereocenters. The second-order valence-electron chi connectivity index (χ2n) is 14.2. The Morgan fingerprint density at radius 3 is 2.35 bits per heavy atom. The molecule has 2 heterocycles. The van der Waals surface area contributed by atoms with Crippen molar-refractivity contribution >= 4 is 26.0 Å². The van der Waals surface area contributed by atoms with E-state index in [1.165, 1.54) is 12.1 Å². The van der Waals surface area contributed by atoms with E-state index in [-0.39, 0.29) is 30.0 Å². The number of pyridine rings is 1. The van der Waals surface area contributed by atoms with E-state index in [1.807, 2.05) is 19.9 Å². The lowest BCUT2D eigenvalue weighted by Gasteiger charge is -2.36. The van der Waals surface area contributed by atoms with Crippen LogP contribution in [0.15, 0.2) is 30.3 Å². The Hall–Kier alpha value is -3.42. The van der Waals surface area contributed by atoms with E-state index in [0.29, 0.717) is 24.5 Å². The molecule has 0 saturated heterocycles. The second-order valence-corrected chi connectivity index (χ2v) is 18.9. The molecule has 1 aliphatic rings. The first-order valence-electron chi connectivity index (χ1n) is 14.5. The van der Waals surface area contributed by atoms with Crippen LogP contribution in [-0.2, 0) is 26.1 Å². The highest BCUT2D eigenvalue weighted by molar-refractivity contribution is 6.74. The molecule has 234 valence electrons. The largest absolute Gasteiger partial charge is 0.530 e. The number of halogens is 1. The van der Waals surface area contributed by atoms with Crippen molar-refractivity contribution < 1.29 is 27.9 Å². The Morgan fingerprint density at radius 2 is 1.79 bits per heavy atom. The number of rotatable bonds is 9. The fraction of sp³-hybridized carbons (Fsp3) is 0.545. The Bertz CT molecular complexity index is 1370. The molecule has 0 bridgehead atoms. The summed E-state index contributed by atoms with van der Waals surface area (Å²) >= 11 is 0. The summed E-state index contributed by atoms with van der Waals surface area (Å²) in [6, 6.07) is 7.20. The van der Waals surface area contributed by atoms with Crippen LogP contribution in [0.5, 0.6) is 5.88 Å². The normalized spacial score (nSPS) is 15.3. The monoisotopic (exact) mass is 611 g/mol. The lowest BCUT2D eigenvalue weighted by molar-refractivity contribution is -0.122. The Morgan fingerprint density at radius 1 is 1.16 bits per heavy atom. The number of hydrogen-bond acceptors (Lipinski definition) is 6. The third kappa shape index (κ3) is 8.58.